The van der Waals surface area contributed by atoms with Crippen LogP contribution in [-0.4, -0.2) is 9.97 Å². The summed E-state index contributed by atoms with van der Waals surface area (Å²) in [5.41, 5.74) is 7.33. The molecule has 1 aliphatic rings. The van der Waals surface area contributed by atoms with Crippen LogP contribution in [0.4, 0.5) is 0 Å². The summed E-state index contributed by atoms with van der Waals surface area (Å²) in [6.07, 6.45) is 5.30. The highest BCUT2D eigenvalue weighted by atomic mass is 35.5. The zero-order valence-electron chi connectivity index (χ0n) is 10.4. The second-order valence-electron chi connectivity index (χ2n) is 4.84. The Morgan fingerprint density at radius 2 is 1.82 bits per heavy atom. The van der Waals surface area contributed by atoms with Gasteiger partial charge in [-0.15, -0.1) is 12.4 Å². The van der Waals surface area contributed by atoms with E-state index in [1.165, 1.54) is 6.42 Å². The Hall–Kier alpha value is -0.870. The van der Waals surface area contributed by atoms with Gasteiger partial charge in [0.1, 0.15) is 5.82 Å². The smallest absolute Gasteiger partial charge is 0.254 e. The van der Waals surface area contributed by atoms with E-state index in [0.717, 1.165) is 31.4 Å². The van der Waals surface area contributed by atoms with Crippen molar-refractivity contribution in [3.05, 3.63) is 27.4 Å². The van der Waals surface area contributed by atoms with Gasteiger partial charge in [-0.05, 0) is 26.7 Å². The van der Waals surface area contributed by atoms with Gasteiger partial charge in [0.15, 0.2) is 0 Å². The molecule has 1 heterocycles. The molecule has 0 amide bonds. The molecule has 2 rings (SSSR count). The first kappa shape index (κ1) is 14.2. The van der Waals surface area contributed by atoms with Crippen molar-refractivity contribution < 1.29 is 0 Å². The summed E-state index contributed by atoms with van der Waals surface area (Å²) in [5.74, 6) is 0.667. The van der Waals surface area contributed by atoms with E-state index >= 15 is 0 Å². The maximum Gasteiger partial charge on any atom is 0.254 e. The SMILES string of the molecule is Cc1nc(C2(N)CCCCC2)[nH]c(=O)c1C.Cl. The molecule has 0 atom stereocenters. The number of H-pyrrole nitrogens is 1. The van der Waals surface area contributed by atoms with Crippen molar-refractivity contribution in [2.24, 2.45) is 5.73 Å². The summed E-state index contributed by atoms with van der Waals surface area (Å²) in [4.78, 5) is 19.0. The molecule has 1 aliphatic carbocycles. The first-order valence-corrected chi connectivity index (χ1v) is 5.90. The minimum absolute atomic E-state index is 0. The molecule has 5 heteroatoms. The van der Waals surface area contributed by atoms with E-state index in [4.69, 9.17) is 5.73 Å². The van der Waals surface area contributed by atoms with Crippen LogP contribution in [0.25, 0.3) is 0 Å². The van der Waals surface area contributed by atoms with E-state index in [9.17, 15) is 4.79 Å². The molecule has 0 aromatic carbocycles. The van der Waals surface area contributed by atoms with E-state index in [1.54, 1.807) is 6.92 Å². The Bertz CT molecular complexity index is 450. The van der Waals surface area contributed by atoms with Crippen LogP contribution >= 0.6 is 12.4 Å². The number of hydrogen-bond acceptors (Lipinski definition) is 3. The molecule has 4 nitrogen and oxygen atoms in total. The van der Waals surface area contributed by atoms with Crippen LogP contribution in [0.15, 0.2) is 4.79 Å². The number of nitrogens with one attached hydrogen (secondary N) is 1. The van der Waals surface area contributed by atoms with Crippen LogP contribution in [0.3, 0.4) is 0 Å². The first-order chi connectivity index (χ1) is 7.53. The van der Waals surface area contributed by atoms with Gasteiger partial charge in [-0.1, -0.05) is 19.3 Å². The van der Waals surface area contributed by atoms with Crippen LogP contribution in [0.1, 0.15) is 49.2 Å². The standard InChI is InChI=1S/C12H19N3O.ClH/c1-8-9(2)14-11(15-10(8)16)12(13)6-4-3-5-7-12;/h3-7,13H2,1-2H3,(H,14,15,16);1H. The monoisotopic (exact) mass is 257 g/mol. The Kier molecular flexibility index (Phi) is 4.33. The number of halogens is 1. The third-order valence-corrected chi connectivity index (χ3v) is 3.61. The number of aromatic nitrogens is 2. The van der Waals surface area contributed by atoms with Crippen LogP contribution in [-0.2, 0) is 5.54 Å². The van der Waals surface area contributed by atoms with Crippen LogP contribution in [0, 0.1) is 13.8 Å². The van der Waals surface area contributed by atoms with Crippen molar-refractivity contribution in [1.29, 1.82) is 0 Å². The summed E-state index contributed by atoms with van der Waals surface area (Å²) < 4.78 is 0. The second-order valence-corrected chi connectivity index (χ2v) is 4.84. The Balaban J connectivity index is 0.00000144. The number of rotatable bonds is 1. The van der Waals surface area contributed by atoms with Gasteiger partial charge in [0.2, 0.25) is 0 Å². The molecule has 96 valence electrons. The van der Waals surface area contributed by atoms with Crippen LogP contribution in [0.2, 0.25) is 0 Å². The molecule has 1 aromatic heterocycles. The molecule has 0 spiro atoms. The lowest BCUT2D eigenvalue weighted by molar-refractivity contribution is 0.285. The number of hydrogen-bond donors (Lipinski definition) is 2. The lowest BCUT2D eigenvalue weighted by Gasteiger charge is -2.32. The van der Waals surface area contributed by atoms with Gasteiger partial charge < -0.3 is 10.7 Å². The van der Waals surface area contributed by atoms with E-state index < -0.39 is 5.54 Å². The molecule has 0 radical (unpaired) electrons. The fraction of sp³-hybridized carbons (Fsp3) is 0.667. The molecular weight excluding hydrogens is 238 g/mol. The van der Waals surface area contributed by atoms with E-state index in [1.807, 2.05) is 6.92 Å². The third-order valence-electron chi connectivity index (χ3n) is 3.61. The number of nitrogens with zero attached hydrogens (tertiary/aromatic N) is 1. The zero-order chi connectivity index (χ0) is 11.8. The van der Waals surface area contributed by atoms with Crippen molar-refractivity contribution in [2.75, 3.05) is 0 Å². The first-order valence-electron chi connectivity index (χ1n) is 5.90. The normalized spacial score (nSPS) is 18.5. The van der Waals surface area contributed by atoms with Crippen molar-refractivity contribution in [3.63, 3.8) is 0 Å². The van der Waals surface area contributed by atoms with Gasteiger partial charge in [0.05, 0.1) is 5.54 Å². The third kappa shape index (κ3) is 2.69. The Morgan fingerprint density at radius 3 is 2.35 bits per heavy atom. The molecule has 1 saturated carbocycles. The molecule has 0 saturated heterocycles. The van der Waals surface area contributed by atoms with E-state index in [-0.39, 0.29) is 18.0 Å². The number of aryl methyl sites for hydroxylation is 1. The average Bonchev–Trinajstić information content (AvgIpc) is 2.26. The molecule has 17 heavy (non-hydrogen) atoms. The molecule has 3 N–H and O–H groups in total. The summed E-state index contributed by atoms with van der Waals surface area (Å²) in [6, 6.07) is 0. The predicted molar refractivity (Wildman–Crippen MR) is 70.5 cm³/mol. The minimum atomic E-state index is -0.421. The van der Waals surface area contributed by atoms with Crippen molar-refractivity contribution >= 4 is 12.4 Å². The maximum absolute atomic E-state index is 11.7. The Labute approximate surface area is 107 Å². The summed E-state index contributed by atoms with van der Waals surface area (Å²) >= 11 is 0. The molecule has 0 aliphatic heterocycles. The lowest BCUT2D eigenvalue weighted by atomic mass is 9.82. The highest BCUT2D eigenvalue weighted by Crippen LogP contribution is 2.32. The average molecular weight is 258 g/mol. The Morgan fingerprint density at radius 1 is 1.24 bits per heavy atom. The molecule has 1 fully saturated rings. The summed E-state index contributed by atoms with van der Waals surface area (Å²) in [5, 5.41) is 0. The summed E-state index contributed by atoms with van der Waals surface area (Å²) in [6.45, 7) is 3.65. The maximum atomic E-state index is 11.7. The molecule has 1 aromatic rings. The fourth-order valence-electron chi connectivity index (χ4n) is 2.30. The predicted octanol–water partition coefficient (Wildman–Crippen LogP) is 1.93. The van der Waals surface area contributed by atoms with Crippen molar-refractivity contribution in [1.82, 2.24) is 9.97 Å². The fourth-order valence-corrected chi connectivity index (χ4v) is 2.30. The minimum Gasteiger partial charge on any atom is -0.319 e. The number of nitrogens with two attached hydrogens (primary N) is 1. The summed E-state index contributed by atoms with van der Waals surface area (Å²) in [7, 11) is 0. The highest BCUT2D eigenvalue weighted by molar-refractivity contribution is 5.85. The molecular formula is C12H20ClN3O. The topological polar surface area (TPSA) is 71.8 Å². The van der Waals surface area contributed by atoms with Crippen LogP contribution in [0.5, 0.6) is 0 Å². The highest BCUT2D eigenvalue weighted by Gasteiger charge is 2.32. The van der Waals surface area contributed by atoms with Gasteiger partial charge in [-0.3, -0.25) is 4.79 Å². The van der Waals surface area contributed by atoms with Crippen molar-refractivity contribution in [2.45, 2.75) is 51.5 Å². The molecule has 0 bridgehead atoms. The molecule has 0 unspecified atom stereocenters. The van der Waals surface area contributed by atoms with E-state index in [2.05, 4.69) is 9.97 Å². The van der Waals surface area contributed by atoms with Gasteiger partial charge in [-0.2, -0.15) is 0 Å². The van der Waals surface area contributed by atoms with Gasteiger partial charge in [0, 0.05) is 11.3 Å². The van der Waals surface area contributed by atoms with Gasteiger partial charge >= 0.3 is 0 Å². The van der Waals surface area contributed by atoms with Crippen molar-refractivity contribution in [3.8, 4) is 0 Å². The van der Waals surface area contributed by atoms with Gasteiger partial charge in [-0.25, -0.2) is 4.98 Å². The second kappa shape index (κ2) is 5.19. The quantitative estimate of drug-likeness (QED) is 0.808. The van der Waals surface area contributed by atoms with Gasteiger partial charge in [0.25, 0.3) is 5.56 Å². The van der Waals surface area contributed by atoms with E-state index in [0.29, 0.717) is 11.4 Å². The zero-order valence-corrected chi connectivity index (χ0v) is 11.2. The largest absolute Gasteiger partial charge is 0.319 e. The lowest BCUT2D eigenvalue weighted by Crippen LogP contribution is -2.42. The number of aromatic amines is 1. The van der Waals surface area contributed by atoms with Crippen LogP contribution < -0.4 is 11.3 Å².